The van der Waals surface area contributed by atoms with Gasteiger partial charge >= 0.3 is 5.97 Å². The van der Waals surface area contributed by atoms with Crippen molar-refractivity contribution in [1.29, 1.82) is 0 Å². The molecular weight excluding hydrogens is 338 g/mol. The number of rotatable bonds is 9. The van der Waals surface area contributed by atoms with Crippen LogP contribution in [0.1, 0.15) is 48.9 Å². The summed E-state index contributed by atoms with van der Waals surface area (Å²) in [6, 6.07) is 6.84. The molecule has 1 aliphatic heterocycles. The molecule has 1 aliphatic rings. The van der Waals surface area contributed by atoms with Gasteiger partial charge in [-0.25, -0.2) is 0 Å². The standard InChI is InChI=1S/C19H25NO6/c1-25-15-7-5-14(6-8-15)16(21)3-2-4-17(22)20-19(13-18(23)24)9-11-26-12-10-19/h5-8H,2-4,9-13H2,1H3,(H,20,22)(H,23,24). The number of nitrogens with one attached hydrogen (secondary N) is 1. The van der Waals surface area contributed by atoms with Crippen LogP contribution in [0.25, 0.3) is 0 Å². The van der Waals surface area contributed by atoms with Crippen LogP contribution in [0, 0.1) is 0 Å². The molecule has 2 N–H and O–H groups in total. The lowest BCUT2D eigenvalue weighted by Crippen LogP contribution is -2.53. The molecule has 26 heavy (non-hydrogen) atoms. The maximum Gasteiger partial charge on any atom is 0.305 e. The van der Waals surface area contributed by atoms with Crippen molar-refractivity contribution in [3.8, 4) is 5.75 Å². The van der Waals surface area contributed by atoms with Crippen molar-refractivity contribution in [2.24, 2.45) is 0 Å². The Balaban J connectivity index is 1.81. The van der Waals surface area contributed by atoms with Crippen molar-refractivity contribution in [3.63, 3.8) is 0 Å². The van der Waals surface area contributed by atoms with Crippen molar-refractivity contribution < 1.29 is 29.0 Å². The first kappa shape index (κ1) is 19.9. The van der Waals surface area contributed by atoms with Crippen molar-refractivity contribution in [3.05, 3.63) is 29.8 Å². The lowest BCUT2D eigenvalue weighted by atomic mass is 9.86. The van der Waals surface area contributed by atoms with Crippen LogP contribution < -0.4 is 10.1 Å². The number of methoxy groups -OCH3 is 1. The Morgan fingerprint density at radius 2 is 1.81 bits per heavy atom. The molecule has 0 unspecified atom stereocenters. The number of aliphatic carboxylic acids is 1. The van der Waals surface area contributed by atoms with E-state index < -0.39 is 11.5 Å². The SMILES string of the molecule is COc1ccc(C(=O)CCCC(=O)NC2(CC(=O)O)CCOCC2)cc1. The van der Waals surface area contributed by atoms with E-state index in [2.05, 4.69) is 5.32 Å². The number of hydrogen-bond acceptors (Lipinski definition) is 5. The third kappa shape index (κ3) is 5.84. The highest BCUT2D eigenvalue weighted by atomic mass is 16.5. The van der Waals surface area contributed by atoms with Gasteiger partial charge in [0.1, 0.15) is 5.75 Å². The van der Waals surface area contributed by atoms with Gasteiger partial charge in [-0.2, -0.15) is 0 Å². The highest BCUT2D eigenvalue weighted by molar-refractivity contribution is 5.96. The maximum atomic E-state index is 12.2. The summed E-state index contributed by atoms with van der Waals surface area (Å²) >= 11 is 0. The topological polar surface area (TPSA) is 102 Å². The zero-order valence-corrected chi connectivity index (χ0v) is 15.0. The van der Waals surface area contributed by atoms with E-state index in [0.29, 0.717) is 43.8 Å². The summed E-state index contributed by atoms with van der Waals surface area (Å²) in [4.78, 5) is 35.5. The minimum atomic E-state index is -0.943. The number of amides is 1. The molecule has 0 aliphatic carbocycles. The molecule has 0 bridgehead atoms. The lowest BCUT2D eigenvalue weighted by molar-refractivity contribution is -0.140. The van der Waals surface area contributed by atoms with E-state index in [4.69, 9.17) is 14.6 Å². The van der Waals surface area contributed by atoms with E-state index in [0.717, 1.165) is 0 Å². The van der Waals surface area contributed by atoms with Gasteiger partial charge < -0.3 is 19.9 Å². The number of carbonyl (C=O) groups is 3. The number of benzene rings is 1. The second kappa shape index (κ2) is 9.33. The zero-order valence-electron chi connectivity index (χ0n) is 15.0. The first-order chi connectivity index (χ1) is 12.4. The molecule has 7 nitrogen and oxygen atoms in total. The highest BCUT2D eigenvalue weighted by Crippen LogP contribution is 2.25. The zero-order chi connectivity index (χ0) is 19.0. The van der Waals surface area contributed by atoms with Gasteiger partial charge in [-0.1, -0.05) is 0 Å². The van der Waals surface area contributed by atoms with E-state index in [1.54, 1.807) is 31.4 Å². The summed E-state index contributed by atoms with van der Waals surface area (Å²) in [5, 5.41) is 12.0. The van der Waals surface area contributed by atoms with Gasteiger partial charge in [0.25, 0.3) is 0 Å². The number of ketones is 1. The number of carboxylic acids is 1. The number of ether oxygens (including phenoxy) is 2. The van der Waals surface area contributed by atoms with Crippen LogP contribution >= 0.6 is 0 Å². The summed E-state index contributed by atoms with van der Waals surface area (Å²) in [5.74, 6) is -0.523. The molecule has 1 aromatic rings. The van der Waals surface area contributed by atoms with Crippen LogP contribution in [0.4, 0.5) is 0 Å². The van der Waals surface area contributed by atoms with E-state index in [1.807, 2.05) is 0 Å². The Kier molecular flexibility index (Phi) is 7.15. The van der Waals surface area contributed by atoms with Gasteiger partial charge in [-0.15, -0.1) is 0 Å². The van der Waals surface area contributed by atoms with Gasteiger partial charge in [0.15, 0.2) is 5.78 Å². The van der Waals surface area contributed by atoms with Crippen LogP contribution in [0.5, 0.6) is 5.75 Å². The summed E-state index contributed by atoms with van der Waals surface area (Å²) in [5.41, 5.74) is -0.167. The number of hydrogen-bond donors (Lipinski definition) is 2. The van der Waals surface area contributed by atoms with Crippen LogP contribution in [0.3, 0.4) is 0 Å². The first-order valence-corrected chi connectivity index (χ1v) is 8.72. The molecule has 7 heteroatoms. The predicted octanol–water partition coefficient (Wildman–Crippen LogP) is 2.19. The average Bonchev–Trinajstić information content (AvgIpc) is 2.61. The highest BCUT2D eigenvalue weighted by Gasteiger charge is 2.36. The van der Waals surface area contributed by atoms with Crippen LogP contribution in [0.15, 0.2) is 24.3 Å². The lowest BCUT2D eigenvalue weighted by Gasteiger charge is -2.36. The molecule has 0 atom stereocenters. The van der Waals surface area contributed by atoms with Crippen molar-refractivity contribution in [2.45, 2.75) is 44.1 Å². The minimum absolute atomic E-state index is 0.0354. The van der Waals surface area contributed by atoms with Gasteiger partial charge in [-0.3, -0.25) is 14.4 Å². The van der Waals surface area contributed by atoms with E-state index in [1.165, 1.54) is 0 Å². The number of carbonyl (C=O) groups excluding carboxylic acids is 2. The van der Waals surface area contributed by atoms with Gasteiger partial charge in [0.05, 0.1) is 19.1 Å². The number of carboxylic acid groups (broad SMARTS) is 1. The Hall–Kier alpha value is -2.41. The van der Waals surface area contributed by atoms with E-state index in [-0.39, 0.29) is 31.0 Å². The molecule has 1 aromatic carbocycles. The van der Waals surface area contributed by atoms with Crippen LogP contribution in [-0.2, 0) is 14.3 Å². The smallest absolute Gasteiger partial charge is 0.305 e. The third-order valence-corrected chi connectivity index (χ3v) is 4.56. The molecule has 0 saturated carbocycles. The normalized spacial score (nSPS) is 15.9. The molecular formula is C19H25NO6. The van der Waals surface area contributed by atoms with Crippen LogP contribution in [-0.4, -0.2) is 48.6 Å². The molecule has 1 heterocycles. The fraction of sp³-hybridized carbons (Fsp3) is 0.526. The summed E-state index contributed by atoms with van der Waals surface area (Å²) < 4.78 is 10.3. The average molecular weight is 363 g/mol. The van der Waals surface area contributed by atoms with Crippen LogP contribution in [0.2, 0.25) is 0 Å². The molecule has 142 valence electrons. The van der Waals surface area contributed by atoms with Gasteiger partial charge in [0.2, 0.25) is 5.91 Å². The summed E-state index contributed by atoms with van der Waals surface area (Å²) in [6.07, 6.45) is 1.70. The fourth-order valence-electron chi connectivity index (χ4n) is 3.09. The third-order valence-electron chi connectivity index (χ3n) is 4.56. The largest absolute Gasteiger partial charge is 0.497 e. The Morgan fingerprint density at radius 3 is 2.38 bits per heavy atom. The Labute approximate surface area is 152 Å². The molecule has 0 spiro atoms. The number of Topliss-reactive ketones (excluding diaryl/α,β-unsaturated/α-hetero) is 1. The van der Waals surface area contributed by atoms with Gasteiger partial charge in [0, 0.05) is 31.6 Å². The Bertz CT molecular complexity index is 634. The summed E-state index contributed by atoms with van der Waals surface area (Å²) in [6.45, 7) is 0.868. The maximum absolute atomic E-state index is 12.2. The molecule has 1 saturated heterocycles. The molecule has 1 fully saturated rings. The quantitative estimate of drug-likeness (QED) is 0.652. The van der Waals surface area contributed by atoms with Crippen molar-refractivity contribution >= 4 is 17.7 Å². The molecule has 1 amide bonds. The van der Waals surface area contributed by atoms with Crippen molar-refractivity contribution in [1.82, 2.24) is 5.32 Å². The van der Waals surface area contributed by atoms with E-state index >= 15 is 0 Å². The molecule has 0 radical (unpaired) electrons. The monoisotopic (exact) mass is 363 g/mol. The van der Waals surface area contributed by atoms with Gasteiger partial charge in [-0.05, 0) is 43.5 Å². The Morgan fingerprint density at radius 1 is 1.15 bits per heavy atom. The first-order valence-electron chi connectivity index (χ1n) is 8.72. The second-order valence-corrected chi connectivity index (χ2v) is 6.52. The van der Waals surface area contributed by atoms with Crippen molar-refractivity contribution in [2.75, 3.05) is 20.3 Å². The molecule has 2 rings (SSSR count). The predicted molar refractivity (Wildman–Crippen MR) is 94.4 cm³/mol. The minimum Gasteiger partial charge on any atom is -0.497 e. The fourth-order valence-corrected chi connectivity index (χ4v) is 3.09. The molecule has 0 aromatic heterocycles. The summed E-state index contributed by atoms with van der Waals surface area (Å²) in [7, 11) is 1.56. The van der Waals surface area contributed by atoms with E-state index in [9.17, 15) is 14.4 Å². The second-order valence-electron chi connectivity index (χ2n) is 6.52.